The maximum absolute atomic E-state index is 12.3. The molecule has 0 spiro atoms. The molecule has 1 N–H and O–H groups in total. The lowest BCUT2D eigenvalue weighted by atomic mass is 9.87. The molecule has 0 aliphatic carbocycles. The predicted octanol–water partition coefficient (Wildman–Crippen LogP) is 0.785. The number of carboxylic acids is 1. The number of hydrogen-bond donors (Lipinski definition) is 1. The van der Waals surface area contributed by atoms with E-state index in [2.05, 4.69) is 18.7 Å². The van der Waals surface area contributed by atoms with E-state index in [9.17, 15) is 9.59 Å². The molecule has 114 valence electrons. The summed E-state index contributed by atoms with van der Waals surface area (Å²) in [6.07, 6.45) is 0. The zero-order chi connectivity index (χ0) is 14.9. The largest absolute Gasteiger partial charge is 0.481 e. The lowest BCUT2D eigenvalue weighted by Gasteiger charge is -2.45. The van der Waals surface area contributed by atoms with E-state index in [0.29, 0.717) is 19.1 Å². The van der Waals surface area contributed by atoms with E-state index in [1.807, 2.05) is 4.90 Å². The minimum absolute atomic E-state index is 0.0715. The molecule has 2 fully saturated rings. The van der Waals surface area contributed by atoms with Crippen LogP contribution < -0.4 is 0 Å². The van der Waals surface area contributed by atoms with Gasteiger partial charge in [0.1, 0.15) is 0 Å². The van der Waals surface area contributed by atoms with Gasteiger partial charge in [-0.15, -0.1) is 0 Å². The van der Waals surface area contributed by atoms with Crippen LogP contribution >= 0.6 is 0 Å². The van der Waals surface area contributed by atoms with E-state index in [1.165, 1.54) is 0 Å². The Balaban J connectivity index is 1.76. The zero-order valence-corrected chi connectivity index (χ0v) is 12.6. The van der Waals surface area contributed by atoms with Gasteiger partial charge in [0, 0.05) is 51.2 Å². The number of likely N-dealkylation sites (tertiary alicyclic amines) is 1. The Morgan fingerprint density at radius 3 is 2.00 bits per heavy atom. The molecule has 6 nitrogen and oxygen atoms in total. The summed E-state index contributed by atoms with van der Waals surface area (Å²) in [5.74, 6) is -1.03. The molecular formula is C14H25N3O3. The minimum atomic E-state index is -0.771. The van der Waals surface area contributed by atoms with Gasteiger partial charge in [-0.3, -0.25) is 9.69 Å². The fourth-order valence-corrected chi connectivity index (χ4v) is 2.82. The smallest absolute Gasteiger partial charge is 0.320 e. The quantitative estimate of drug-likeness (QED) is 0.831. The van der Waals surface area contributed by atoms with E-state index < -0.39 is 5.97 Å². The number of carboxylic acid groups (broad SMARTS) is 1. The molecule has 0 radical (unpaired) electrons. The van der Waals surface area contributed by atoms with Crippen molar-refractivity contribution in [2.24, 2.45) is 11.8 Å². The first-order valence-corrected chi connectivity index (χ1v) is 7.41. The highest BCUT2D eigenvalue weighted by Gasteiger charge is 2.39. The lowest BCUT2D eigenvalue weighted by molar-refractivity contribution is -0.144. The van der Waals surface area contributed by atoms with Crippen molar-refractivity contribution in [3.05, 3.63) is 0 Å². The molecule has 6 heteroatoms. The molecule has 2 saturated heterocycles. The summed E-state index contributed by atoms with van der Waals surface area (Å²) in [6.45, 7) is 10.6. The number of aliphatic carboxylic acids is 1. The third-order valence-electron chi connectivity index (χ3n) is 4.59. The maximum Gasteiger partial charge on any atom is 0.320 e. The van der Waals surface area contributed by atoms with Gasteiger partial charge in [-0.1, -0.05) is 6.92 Å². The summed E-state index contributed by atoms with van der Waals surface area (Å²) in [5.41, 5.74) is 0. The van der Waals surface area contributed by atoms with Gasteiger partial charge in [0.15, 0.2) is 0 Å². The highest BCUT2D eigenvalue weighted by atomic mass is 16.4. The van der Waals surface area contributed by atoms with E-state index in [4.69, 9.17) is 5.11 Å². The fraction of sp³-hybridized carbons (Fsp3) is 0.857. The first kappa shape index (κ1) is 15.1. The Bertz CT molecular complexity index is 372. The van der Waals surface area contributed by atoms with Gasteiger partial charge in [0.05, 0.1) is 5.92 Å². The van der Waals surface area contributed by atoms with Crippen molar-refractivity contribution in [3.63, 3.8) is 0 Å². The highest BCUT2D eigenvalue weighted by molar-refractivity contribution is 5.76. The number of carbonyl (C=O) groups excluding carboxylic acids is 1. The lowest BCUT2D eigenvalue weighted by Crippen LogP contribution is -2.60. The van der Waals surface area contributed by atoms with Crippen molar-refractivity contribution in [2.45, 2.75) is 26.8 Å². The zero-order valence-electron chi connectivity index (χ0n) is 12.6. The van der Waals surface area contributed by atoms with Gasteiger partial charge in [-0.25, -0.2) is 4.79 Å². The average molecular weight is 283 g/mol. The molecule has 0 aromatic heterocycles. The normalized spacial score (nSPS) is 22.8. The summed E-state index contributed by atoms with van der Waals surface area (Å²) >= 11 is 0. The molecule has 0 bridgehead atoms. The van der Waals surface area contributed by atoms with Crippen molar-refractivity contribution in [2.75, 3.05) is 39.3 Å². The molecule has 2 aliphatic rings. The molecule has 2 rings (SSSR count). The minimum Gasteiger partial charge on any atom is -0.481 e. The van der Waals surface area contributed by atoms with Gasteiger partial charge in [-0.2, -0.15) is 0 Å². The van der Waals surface area contributed by atoms with Gasteiger partial charge < -0.3 is 14.9 Å². The number of nitrogens with zero attached hydrogens (tertiary/aromatic N) is 3. The van der Waals surface area contributed by atoms with E-state index >= 15 is 0 Å². The molecule has 2 amide bonds. The van der Waals surface area contributed by atoms with Crippen LogP contribution in [0.4, 0.5) is 4.79 Å². The molecule has 0 aromatic rings. The topological polar surface area (TPSA) is 64.1 Å². The molecule has 20 heavy (non-hydrogen) atoms. The third-order valence-corrected chi connectivity index (χ3v) is 4.59. The molecule has 1 atom stereocenters. The number of piperazine rings is 1. The summed E-state index contributed by atoms with van der Waals surface area (Å²) < 4.78 is 0. The highest BCUT2D eigenvalue weighted by Crippen LogP contribution is 2.25. The van der Waals surface area contributed by atoms with Crippen molar-refractivity contribution < 1.29 is 14.7 Å². The average Bonchev–Trinajstić information content (AvgIpc) is 2.36. The fourth-order valence-electron chi connectivity index (χ4n) is 2.82. The second kappa shape index (κ2) is 5.99. The molecule has 2 aliphatic heterocycles. The van der Waals surface area contributed by atoms with Crippen LogP contribution in [0.25, 0.3) is 0 Å². The number of urea groups is 1. The maximum atomic E-state index is 12.3. The molecule has 1 unspecified atom stereocenters. The molecule has 0 aromatic carbocycles. The van der Waals surface area contributed by atoms with Gasteiger partial charge >= 0.3 is 12.0 Å². The van der Waals surface area contributed by atoms with E-state index in [1.54, 1.807) is 11.8 Å². The Labute approximate surface area is 120 Å². The second-order valence-electron chi connectivity index (χ2n) is 6.19. The first-order valence-electron chi connectivity index (χ1n) is 7.41. The van der Waals surface area contributed by atoms with Crippen molar-refractivity contribution in [1.82, 2.24) is 14.7 Å². The Kier molecular flexibility index (Phi) is 4.52. The van der Waals surface area contributed by atoms with Gasteiger partial charge in [0.25, 0.3) is 0 Å². The van der Waals surface area contributed by atoms with Crippen molar-refractivity contribution >= 4 is 12.0 Å². The summed E-state index contributed by atoms with van der Waals surface area (Å²) in [5, 5.41) is 8.95. The van der Waals surface area contributed by atoms with Crippen molar-refractivity contribution in [1.29, 1.82) is 0 Å². The molecule has 2 heterocycles. The third kappa shape index (κ3) is 3.06. The van der Waals surface area contributed by atoms with E-state index in [-0.39, 0.29) is 17.9 Å². The van der Waals surface area contributed by atoms with Crippen LogP contribution in [-0.2, 0) is 4.79 Å². The monoisotopic (exact) mass is 283 g/mol. The van der Waals surface area contributed by atoms with Gasteiger partial charge in [0.2, 0.25) is 0 Å². The van der Waals surface area contributed by atoms with Crippen LogP contribution in [0.2, 0.25) is 0 Å². The molecular weight excluding hydrogens is 258 g/mol. The Hall–Kier alpha value is -1.30. The second-order valence-corrected chi connectivity index (χ2v) is 6.19. The number of hydrogen-bond acceptors (Lipinski definition) is 3. The van der Waals surface area contributed by atoms with Crippen LogP contribution in [0.1, 0.15) is 20.8 Å². The Morgan fingerprint density at radius 2 is 1.55 bits per heavy atom. The van der Waals surface area contributed by atoms with Crippen molar-refractivity contribution in [3.8, 4) is 0 Å². The van der Waals surface area contributed by atoms with Crippen LogP contribution in [0.15, 0.2) is 0 Å². The van der Waals surface area contributed by atoms with E-state index in [0.717, 1.165) is 26.2 Å². The van der Waals surface area contributed by atoms with Crippen LogP contribution in [0.3, 0.4) is 0 Å². The summed E-state index contributed by atoms with van der Waals surface area (Å²) in [4.78, 5) is 29.2. The SMILES string of the molecule is CC(C(=O)O)C1CN(C(=O)N2CCN(C(C)C)CC2)C1. The van der Waals surface area contributed by atoms with Crippen LogP contribution in [-0.4, -0.2) is 77.1 Å². The number of rotatable bonds is 3. The summed E-state index contributed by atoms with van der Waals surface area (Å²) in [7, 11) is 0. The standard InChI is InChI=1S/C14H25N3O3/c1-10(2)15-4-6-16(7-5-15)14(20)17-8-12(9-17)11(3)13(18)19/h10-12H,4-9H2,1-3H3,(H,18,19). The predicted molar refractivity (Wildman–Crippen MR) is 75.5 cm³/mol. The molecule has 0 saturated carbocycles. The number of carbonyl (C=O) groups is 2. The van der Waals surface area contributed by atoms with Crippen LogP contribution in [0.5, 0.6) is 0 Å². The van der Waals surface area contributed by atoms with Gasteiger partial charge in [-0.05, 0) is 13.8 Å². The Morgan fingerprint density at radius 1 is 1.00 bits per heavy atom. The van der Waals surface area contributed by atoms with Crippen LogP contribution in [0, 0.1) is 11.8 Å². The number of amides is 2. The summed E-state index contributed by atoms with van der Waals surface area (Å²) in [6, 6.07) is 0.597. The first-order chi connectivity index (χ1) is 9.40.